The molecule has 4 spiro atoms. The van der Waals surface area contributed by atoms with Crippen molar-refractivity contribution in [2.75, 3.05) is 180 Å². The normalized spacial score (nSPS) is 21.1. The lowest BCUT2D eigenvalue weighted by Crippen LogP contribution is -2.55. The summed E-state index contributed by atoms with van der Waals surface area (Å²) in [5.41, 5.74) is 15.0. The van der Waals surface area contributed by atoms with Gasteiger partial charge >= 0.3 is 0 Å². The lowest BCUT2D eigenvalue weighted by Gasteiger charge is -2.43. The smallest absolute Gasteiger partial charge is 0.232 e. The zero-order valence-corrected chi connectivity index (χ0v) is 75.0. The van der Waals surface area contributed by atoms with Crippen molar-refractivity contribution in [1.82, 2.24) is 108 Å². The summed E-state index contributed by atoms with van der Waals surface area (Å²) in [4.78, 5) is 106. The summed E-state index contributed by atoms with van der Waals surface area (Å²) in [5.74, 6) is 6.85. The predicted molar refractivity (Wildman–Crippen MR) is 509 cm³/mol. The Bertz CT molecular complexity index is 5780. The molecule has 24 rings (SSSR count). The molecule has 4 saturated heterocycles. The number of pyridine rings is 4. The summed E-state index contributed by atoms with van der Waals surface area (Å²) in [6.07, 6.45) is 49.4. The molecular weight excluding hydrogens is 1620 g/mol. The van der Waals surface area contributed by atoms with Crippen LogP contribution in [0, 0.1) is 5.41 Å². The van der Waals surface area contributed by atoms with Crippen molar-refractivity contribution < 1.29 is 4.79 Å². The fourth-order valence-corrected chi connectivity index (χ4v) is 22.0. The van der Waals surface area contributed by atoms with Crippen LogP contribution in [0.5, 0.6) is 0 Å². The quantitative estimate of drug-likeness (QED) is 0.0758. The van der Waals surface area contributed by atoms with E-state index in [0.29, 0.717) is 36.2 Å². The minimum atomic E-state index is -0.225. The lowest BCUT2D eigenvalue weighted by molar-refractivity contribution is 0.0807. The van der Waals surface area contributed by atoms with Crippen molar-refractivity contribution in [3.8, 4) is 0 Å². The van der Waals surface area contributed by atoms with E-state index in [9.17, 15) is 4.79 Å². The molecule has 34 nitrogen and oxygen atoms in total. The summed E-state index contributed by atoms with van der Waals surface area (Å²) >= 11 is 0. The van der Waals surface area contributed by atoms with Gasteiger partial charge in [-0.2, -0.15) is 15.0 Å². The molecule has 5 N–H and O–H groups in total. The first kappa shape index (κ1) is 83.9. The number of Topliss-reactive ketones (excluding diaryl/α,β-unsaturated/α-hetero) is 1. The Labute approximate surface area is 752 Å². The highest BCUT2D eigenvalue weighted by molar-refractivity contribution is 6.02. The molecule has 8 aliphatic heterocycles. The van der Waals surface area contributed by atoms with Gasteiger partial charge in [0, 0.05) is 176 Å². The Morgan fingerprint density at radius 3 is 1.37 bits per heavy atom. The van der Waals surface area contributed by atoms with E-state index < -0.39 is 0 Å². The summed E-state index contributed by atoms with van der Waals surface area (Å²) in [5, 5.41) is 22.3. The van der Waals surface area contributed by atoms with Gasteiger partial charge in [0.15, 0.2) is 22.9 Å². The summed E-state index contributed by atoms with van der Waals surface area (Å²) < 4.78 is 6.20. The fraction of sp³-hybridized carbons (Fsp3) is 0.516. The van der Waals surface area contributed by atoms with Crippen LogP contribution >= 0.6 is 0 Å². The van der Waals surface area contributed by atoms with E-state index in [4.69, 9.17) is 29.9 Å². The van der Waals surface area contributed by atoms with E-state index in [1.807, 2.05) is 73.7 Å². The SMILES string of the molecule is CN1CCN(c2ccc(Nc3ncc4c(n3)C3=C(C4)N=CCC34CCCCC4)nc2)CC1.CN1CCN(c2ccc(Nc3ncc4cc5n(c4n3)C3(CCCCC3)NCC5=O)nc2)CC1.CN1CCN(c2ccc(Nc3ncc4nc5n(c4n3)C3(CC=N5)CCCCC3)nc2)CC1.CN1CCN(c2ccc(Nc3ncn4nc5c(c4n3)C3(CC=N5)CCCCC3)nc2)CC1. The van der Waals surface area contributed by atoms with E-state index in [2.05, 4.69) is 189 Å². The Morgan fingerprint density at radius 1 is 0.395 bits per heavy atom. The first-order chi connectivity index (χ1) is 63.2. The van der Waals surface area contributed by atoms with E-state index >= 15 is 0 Å². The number of carbonyl (C=O) groups excluding carboxylic acids is 1. The molecule has 11 aromatic rings. The number of nitrogens with one attached hydrogen (secondary N) is 5. The lowest BCUT2D eigenvalue weighted by atomic mass is 9.65. The zero-order valence-electron chi connectivity index (χ0n) is 75.0. The maximum atomic E-state index is 12.7. The number of allylic oxidation sites excluding steroid dienone is 2. The Hall–Kier alpha value is -12.0. The summed E-state index contributed by atoms with van der Waals surface area (Å²) in [6, 6.07) is 18.4. The van der Waals surface area contributed by atoms with Crippen molar-refractivity contribution in [3.63, 3.8) is 0 Å². The van der Waals surface area contributed by atoms with Crippen LogP contribution in [0.15, 0.2) is 125 Å². The molecule has 19 heterocycles. The van der Waals surface area contributed by atoms with E-state index in [0.717, 1.165) is 254 Å². The number of ketones is 1. The van der Waals surface area contributed by atoms with E-state index in [1.54, 1.807) is 23.2 Å². The molecule has 0 amide bonds. The number of aromatic nitrogens is 17. The van der Waals surface area contributed by atoms with Gasteiger partial charge < -0.3 is 65.0 Å². The first-order valence-electron chi connectivity index (χ1n) is 47.2. The van der Waals surface area contributed by atoms with Crippen LogP contribution in [0.2, 0.25) is 0 Å². The van der Waals surface area contributed by atoms with Gasteiger partial charge in [0.1, 0.15) is 40.8 Å². The number of nitrogens with zero attached hydrogens (tertiary/aromatic N) is 28. The van der Waals surface area contributed by atoms with Crippen molar-refractivity contribution in [2.45, 2.75) is 171 Å². The zero-order chi connectivity index (χ0) is 87.1. The maximum absolute atomic E-state index is 12.7. The Morgan fingerprint density at radius 2 is 0.845 bits per heavy atom. The minimum absolute atomic E-state index is 0.0537. The fourth-order valence-electron chi connectivity index (χ4n) is 22.0. The number of carbonyl (C=O) groups is 1. The number of fused-ring (bicyclic) bond motifs is 15. The molecule has 0 unspecified atom stereocenters. The van der Waals surface area contributed by atoms with Crippen LogP contribution in [0.3, 0.4) is 0 Å². The van der Waals surface area contributed by atoms with Crippen LogP contribution in [-0.2, 0) is 23.0 Å². The number of imidazole rings is 1. The molecule has 0 aromatic carbocycles. The van der Waals surface area contributed by atoms with Gasteiger partial charge in [-0.05, 0) is 160 Å². The molecule has 4 saturated carbocycles. The highest BCUT2D eigenvalue weighted by Gasteiger charge is 2.46. The van der Waals surface area contributed by atoms with Gasteiger partial charge in [-0.25, -0.2) is 64.3 Å². The van der Waals surface area contributed by atoms with E-state index in [-0.39, 0.29) is 27.8 Å². The van der Waals surface area contributed by atoms with Gasteiger partial charge in [0.05, 0.1) is 94.1 Å². The van der Waals surface area contributed by atoms with Crippen molar-refractivity contribution >= 4 is 139 Å². The maximum Gasteiger partial charge on any atom is 0.232 e. The molecule has 0 radical (unpaired) electrons. The van der Waals surface area contributed by atoms with Crippen molar-refractivity contribution in [3.05, 3.63) is 133 Å². The van der Waals surface area contributed by atoms with Gasteiger partial charge in [-0.15, -0.1) is 5.10 Å². The molecular formula is C95H119N33O. The second kappa shape index (κ2) is 36.2. The largest absolute Gasteiger partial charge is 0.368 e. The molecule has 13 aliphatic rings. The monoisotopic (exact) mass is 1740 g/mol. The topological polar surface area (TPSA) is 335 Å². The number of anilines is 12. The van der Waals surface area contributed by atoms with Crippen LogP contribution in [-0.4, -0.2) is 267 Å². The molecule has 129 heavy (non-hydrogen) atoms. The van der Waals surface area contributed by atoms with Gasteiger partial charge in [-0.3, -0.25) is 19.7 Å². The summed E-state index contributed by atoms with van der Waals surface area (Å²) in [7, 11) is 8.66. The molecule has 5 aliphatic carbocycles. The number of hydrogen-bond donors (Lipinski definition) is 5. The standard InChI is InChI=1S/C25H31N7.C24H30N8O.2C23H29N9/c1-31-11-13-32(14-12-31)19-5-6-21(27-17-19)29-24-28-16-18-15-20-22(23(18)30-24)25(9-10-26-20)7-3-2-4-8-25;1-30-9-11-31(12-10-30)18-5-6-21(25-15-18)28-23-26-14-17-13-19-20(33)16-27-24(7-3-2-4-8-24)32(19)22(17)29-23;1-30-11-13-31(14-12-30)17-5-6-19(25-15-17)28-21-26-16-18-20(29-21)32-22(27-18)24-10-9-23(32)7-3-2-4-8-23;1-30-11-13-31(14-12-30)17-5-6-18(25-15-17)27-22-26-16-32-21(28-22)19-20(29-32)24-10-9-23(19)7-3-2-4-8-23/h5-6,10,16-17H,2-4,7-9,11-15H2,1H3,(H,27,28,29,30);5-6,13-15,27H,2-4,7-12,16H2,1H3,(H,25,26,28,29);5-6,10,15-16H,2-4,7-9,11-14H2,1H3,(H,25,26,28,29);5-6,10,15-16H,2-4,7-9,11-14H2,1H3,(H,25,27,28). The highest BCUT2D eigenvalue weighted by Crippen LogP contribution is 2.56. The number of piperazine rings is 4. The van der Waals surface area contributed by atoms with Crippen LogP contribution in [0.1, 0.15) is 175 Å². The Balaban J connectivity index is 0.000000104. The van der Waals surface area contributed by atoms with Crippen molar-refractivity contribution in [2.24, 2.45) is 20.4 Å². The molecule has 11 aromatic heterocycles. The second-order valence-electron chi connectivity index (χ2n) is 37.9. The third-order valence-corrected chi connectivity index (χ3v) is 29.5. The van der Waals surface area contributed by atoms with Gasteiger partial charge in [0.25, 0.3) is 0 Å². The Kier molecular flexibility index (Phi) is 23.5. The predicted octanol–water partition coefficient (Wildman–Crippen LogP) is 13.6. The number of rotatable bonds is 12. The number of likely N-dealkylation sites (N-methyl/N-ethyl adjacent to an activating group) is 4. The minimum Gasteiger partial charge on any atom is -0.368 e. The third kappa shape index (κ3) is 17.3. The molecule has 8 fully saturated rings. The van der Waals surface area contributed by atoms with Crippen molar-refractivity contribution in [1.29, 1.82) is 0 Å². The number of aliphatic imine (C=N–C) groups is 3. The third-order valence-electron chi connectivity index (χ3n) is 29.5. The van der Waals surface area contributed by atoms with E-state index in [1.165, 1.54) is 118 Å². The average Bonchev–Trinajstić information content (AvgIpc) is 1.60. The van der Waals surface area contributed by atoms with Crippen LogP contribution < -0.4 is 46.2 Å². The molecule has 670 valence electrons. The average molecular weight is 1740 g/mol. The summed E-state index contributed by atoms with van der Waals surface area (Å²) in [6.45, 7) is 17.2. The number of hydrogen-bond acceptors (Lipinski definition) is 31. The first-order valence-corrected chi connectivity index (χ1v) is 47.2. The van der Waals surface area contributed by atoms with Crippen LogP contribution in [0.25, 0.3) is 33.4 Å². The second-order valence-corrected chi connectivity index (χ2v) is 37.9. The molecule has 0 bridgehead atoms. The van der Waals surface area contributed by atoms with Gasteiger partial charge in [0.2, 0.25) is 29.7 Å². The molecule has 34 heteroatoms. The van der Waals surface area contributed by atoms with Crippen LogP contribution in [0.4, 0.5) is 81.6 Å². The molecule has 0 atom stereocenters. The highest BCUT2D eigenvalue weighted by atomic mass is 16.1. The van der Waals surface area contributed by atoms with Gasteiger partial charge in [-0.1, -0.05) is 64.2 Å².